The highest BCUT2D eigenvalue weighted by Crippen LogP contribution is 2.27. The molecule has 6 nitrogen and oxygen atoms in total. The highest BCUT2D eigenvalue weighted by Gasteiger charge is 2.32. The number of nitrogens with one attached hydrogen (secondary N) is 3. The molecule has 3 N–H and O–H groups in total. The van der Waals surface area contributed by atoms with Gasteiger partial charge in [-0.15, -0.1) is 12.4 Å². The summed E-state index contributed by atoms with van der Waals surface area (Å²) < 4.78 is 37.5. The second kappa shape index (κ2) is 8.88. The summed E-state index contributed by atoms with van der Waals surface area (Å²) in [6.07, 6.45) is -1.85. The van der Waals surface area contributed by atoms with Crippen LogP contribution in [0.4, 0.5) is 19.1 Å². The van der Waals surface area contributed by atoms with Crippen LogP contribution in [0.1, 0.15) is 18.5 Å². The SMILES string of the molecule is Cl.O=C(NCCNc1nccc(C(F)(F)F)n1)C1CCNCC1. The van der Waals surface area contributed by atoms with Crippen LogP contribution in [0, 0.1) is 5.92 Å². The number of nitrogens with zero attached hydrogens (tertiary/aromatic N) is 2. The lowest BCUT2D eigenvalue weighted by atomic mass is 9.97. The third-order valence-electron chi connectivity index (χ3n) is 3.36. The molecule has 0 radical (unpaired) electrons. The molecule has 1 fully saturated rings. The standard InChI is InChI=1S/C13H18F3N5O.ClH/c14-13(15,16)10-3-6-19-12(21-10)20-8-7-18-11(22)9-1-4-17-5-2-9;/h3,6,9,17H,1-2,4-5,7-8H2,(H,18,22)(H,19,20,21);1H. The molecule has 2 rings (SSSR count). The Morgan fingerprint density at radius 3 is 2.65 bits per heavy atom. The van der Waals surface area contributed by atoms with Crippen molar-refractivity contribution in [2.45, 2.75) is 19.0 Å². The van der Waals surface area contributed by atoms with Crippen molar-refractivity contribution in [2.75, 3.05) is 31.5 Å². The van der Waals surface area contributed by atoms with Gasteiger partial charge in [-0.3, -0.25) is 4.79 Å². The molecule has 1 aliphatic heterocycles. The van der Waals surface area contributed by atoms with Crippen molar-refractivity contribution < 1.29 is 18.0 Å². The number of amides is 1. The Hall–Kier alpha value is -1.61. The van der Waals surface area contributed by atoms with E-state index in [0.29, 0.717) is 6.54 Å². The van der Waals surface area contributed by atoms with Crippen molar-refractivity contribution in [2.24, 2.45) is 5.92 Å². The van der Waals surface area contributed by atoms with Crippen LogP contribution in [0.15, 0.2) is 12.3 Å². The molecule has 0 unspecified atom stereocenters. The van der Waals surface area contributed by atoms with Crippen molar-refractivity contribution in [3.05, 3.63) is 18.0 Å². The number of carbonyl (C=O) groups excluding carboxylic acids is 1. The average Bonchev–Trinajstić information content (AvgIpc) is 2.52. The average molecular weight is 354 g/mol. The van der Waals surface area contributed by atoms with Crippen molar-refractivity contribution in [3.63, 3.8) is 0 Å². The molecule has 0 aliphatic carbocycles. The molecule has 1 aliphatic rings. The van der Waals surface area contributed by atoms with Crippen LogP contribution in [0.2, 0.25) is 0 Å². The summed E-state index contributed by atoms with van der Waals surface area (Å²) in [6.45, 7) is 2.23. The molecule has 130 valence electrons. The summed E-state index contributed by atoms with van der Waals surface area (Å²) >= 11 is 0. The number of hydrogen-bond acceptors (Lipinski definition) is 5. The summed E-state index contributed by atoms with van der Waals surface area (Å²) in [7, 11) is 0. The third kappa shape index (κ3) is 6.19. The van der Waals surface area contributed by atoms with Crippen molar-refractivity contribution in [1.82, 2.24) is 20.6 Å². The van der Waals surface area contributed by atoms with Crippen LogP contribution in [-0.4, -0.2) is 42.1 Å². The number of hydrogen-bond donors (Lipinski definition) is 3. The summed E-state index contributed by atoms with van der Waals surface area (Å²) in [4.78, 5) is 18.9. The quantitative estimate of drug-likeness (QED) is 0.698. The second-order valence-electron chi connectivity index (χ2n) is 5.01. The number of anilines is 1. The van der Waals surface area contributed by atoms with Crippen molar-refractivity contribution in [3.8, 4) is 0 Å². The Balaban J connectivity index is 0.00000264. The lowest BCUT2D eigenvalue weighted by Gasteiger charge is -2.21. The summed E-state index contributed by atoms with van der Waals surface area (Å²) in [5.41, 5.74) is -0.997. The van der Waals surface area contributed by atoms with Crippen molar-refractivity contribution in [1.29, 1.82) is 0 Å². The zero-order valence-electron chi connectivity index (χ0n) is 12.3. The van der Waals surface area contributed by atoms with E-state index in [1.54, 1.807) is 0 Å². The van der Waals surface area contributed by atoms with E-state index in [9.17, 15) is 18.0 Å². The van der Waals surface area contributed by atoms with Gasteiger partial charge in [0.25, 0.3) is 0 Å². The first-order valence-corrected chi connectivity index (χ1v) is 7.09. The van der Waals surface area contributed by atoms with Gasteiger partial charge in [0.05, 0.1) is 0 Å². The van der Waals surface area contributed by atoms with E-state index >= 15 is 0 Å². The molecule has 0 saturated carbocycles. The maximum Gasteiger partial charge on any atom is 0.433 e. The molecule has 0 atom stereocenters. The van der Waals surface area contributed by atoms with Crippen LogP contribution in [0.5, 0.6) is 0 Å². The topological polar surface area (TPSA) is 78.9 Å². The Labute approximate surface area is 138 Å². The van der Waals surface area contributed by atoms with Gasteiger partial charge in [-0.2, -0.15) is 13.2 Å². The molecular weight excluding hydrogens is 335 g/mol. The molecule has 1 saturated heterocycles. The molecule has 1 aromatic heterocycles. The van der Waals surface area contributed by atoms with Crippen LogP contribution in [0.25, 0.3) is 0 Å². The summed E-state index contributed by atoms with van der Waals surface area (Å²) in [5.74, 6) is -0.120. The largest absolute Gasteiger partial charge is 0.433 e. The van der Waals surface area contributed by atoms with Gasteiger partial charge in [0, 0.05) is 25.2 Å². The second-order valence-corrected chi connectivity index (χ2v) is 5.01. The van der Waals surface area contributed by atoms with E-state index in [1.165, 1.54) is 0 Å². The number of carbonyl (C=O) groups is 1. The zero-order valence-corrected chi connectivity index (χ0v) is 13.1. The monoisotopic (exact) mass is 353 g/mol. The van der Waals surface area contributed by atoms with Gasteiger partial charge in [-0.1, -0.05) is 0 Å². The lowest BCUT2D eigenvalue weighted by molar-refractivity contribution is -0.141. The minimum atomic E-state index is -4.50. The Morgan fingerprint density at radius 2 is 2.00 bits per heavy atom. The summed E-state index contributed by atoms with van der Waals surface area (Å²) in [6, 6.07) is 0.810. The van der Waals surface area contributed by atoms with E-state index in [1.807, 2.05) is 0 Å². The van der Waals surface area contributed by atoms with Gasteiger partial charge in [0.2, 0.25) is 11.9 Å². The Kier molecular flexibility index (Phi) is 7.50. The first kappa shape index (κ1) is 19.4. The van der Waals surface area contributed by atoms with Gasteiger partial charge < -0.3 is 16.0 Å². The van der Waals surface area contributed by atoms with Crippen LogP contribution in [-0.2, 0) is 11.0 Å². The van der Waals surface area contributed by atoms with Crippen molar-refractivity contribution >= 4 is 24.3 Å². The molecule has 0 spiro atoms. The van der Waals surface area contributed by atoms with Crippen LogP contribution < -0.4 is 16.0 Å². The smallest absolute Gasteiger partial charge is 0.354 e. The van der Waals surface area contributed by atoms with Crippen LogP contribution in [0.3, 0.4) is 0 Å². The Bertz CT molecular complexity index is 509. The fourth-order valence-electron chi connectivity index (χ4n) is 2.19. The highest BCUT2D eigenvalue weighted by molar-refractivity contribution is 5.85. The molecule has 10 heteroatoms. The number of rotatable bonds is 5. The first-order valence-electron chi connectivity index (χ1n) is 7.09. The van der Waals surface area contributed by atoms with E-state index in [-0.39, 0.29) is 36.7 Å². The van der Waals surface area contributed by atoms with E-state index in [4.69, 9.17) is 0 Å². The molecule has 1 amide bonds. The van der Waals surface area contributed by atoms with Gasteiger partial charge in [-0.05, 0) is 32.0 Å². The zero-order chi connectivity index (χ0) is 16.0. The van der Waals surface area contributed by atoms with Gasteiger partial charge in [0.15, 0.2) is 0 Å². The minimum Gasteiger partial charge on any atom is -0.354 e. The normalized spacial score (nSPS) is 15.6. The highest BCUT2D eigenvalue weighted by atomic mass is 35.5. The van der Waals surface area contributed by atoms with E-state index in [0.717, 1.165) is 38.2 Å². The predicted octanol–water partition coefficient (Wildman–Crippen LogP) is 1.44. The van der Waals surface area contributed by atoms with Gasteiger partial charge in [0.1, 0.15) is 5.69 Å². The van der Waals surface area contributed by atoms with Crippen LogP contribution >= 0.6 is 12.4 Å². The molecule has 23 heavy (non-hydrogen) atoms. The van der Waals surface area contributed by atoms with E-state index < -0.39 is 11.9 Å². The first-order chi connectivity index (χ1) is 10.5. The predicted molar refractivity (Wildman–Crippen MR) is 81.4 cm³/mol. The molecule has 2 heterocycles. The maximum absolute atomic E-state index is 12.5. The molecule has 0 bridgehead atoms. The number of halogens is 4. The van der Waals surface area contributed by atoms with Gasteiger partial charge in [-0.25, -0.2) is 9.97 Å². The van der Waals surface area contributed by atoms with E-state index in [2.05, 4.69) is 25.9 Å². The molecule has 0 aromatic carbocycles. The maximum atomic E-state index is 12.5. The summed E-state index contributed by atoms with van der Waals surface area (Å²) in [5, 5.41) is 8.60. The number of alkyl halides is 3. The third-order valence-corrected chi connectivity index (χ3v) is 3.36. The fraction of sp³-hybridized carbons (Fsp3) is 0.615. The lowest BCUT2D eigenvalue weighted by Crippen LogP contribution is -2.39. The van der Waals surface area contributed by atoms with Gasteiger partial charge >= 0.3 is 6.18 Å². The number of aromatic nitrogens is 2. The Morgan fingerprint density at radius 1 is 1.30 bits per heavy atom. The molecule has 1 aromatic rings. The number of piperidine rings is 1. The molecular formula is C13H19ClF3N5O. The fourth-order valence-corrected chi connectivity index (χ4v) is 2.19. The minimum absolute atomic E-state index is 0.